The zero-order valence-electron chi connectivity index (χ0n) is 13.3. The van der Waals surface area contributed by atoms with Crippen LogP contribution in [-0.4, -0.2) is 39.7 Å². The Morgan fingerprint density at radius 1 is 1.23 bits per heavy atom. The monoisotopic (exact) mass is 302 g/mol. The number of carbonyl (C=O) groups excluding carboxylic acids is 1. The van der Waals surface area contributed by atoms with E-state index in [0.29, 0.717) is 23.7 Å². The molecule has 120 valence electrons. The van der Waals surface area contributed by atoms with Crippen molar-refractivity contribution in [2.24, 2.45) is 30.5 Å². The second-order valence-corrected chi connectivity index (χ2v) is 7.42. The third-order valence-corrected chi connectivity index (χ3v) is 6.35. The second-order valence-electron chi connectivity index (χ2n) is 7.42. The first kappa shape index (κ1) is 14.2. The van der Waals surface area contributed by atoms with Crippen LogP contribution in [0, 0.1) is 17.8 Å². The van der Waals surface area contributed by atoms with Crippen LogP contribution in [0.2, 0.25) is 0 Å². The molecule has 5 heteroatoms. The van der Waals surface area contributed by atoms with Gasteiger partial charge in [-0.15, -0.1) is 0 Å². The van der Waals surface area contributed by atoms with Crippen LogP contribution in [0.15, 0.2) is 12.3 Å². The molecule has 1 saturated heterocycles. The summed E-state index contributed by atoms with van der Waals surface area (Å²) < 4.78 is 1.97. The summed E-state index contributed by atoms with van der Waals surface area (Å²) in [4.78, 5) is 15.0. The number of nitrogens with zero attached hydrogens (tertiary/aromatic N) is 3. The van der Waals surface area contributed by atoms with E-state index in [0.717, 1.165) is 25.9 Å². The van der Waals surface area contributed by atoms with E-state index in [-0.39, 0.29) is 12.0 Å². The van der Waals surface area contributed by atoms with Crippen molar-refractivity contribution in [3.8, 4) is 0 Å². The fourth-order valence-corrected chi connectivity index (χ4v) is 5.09. The molecule has 2 bridgehead atoms. The van der Waals surface area contributed by atoms with Crippen LogP contribution in [0.5, 0.6) is 0 Å². The van der Waals surface area contributed by atoms with Crippen molar-refractivity contribution in [2.75, 3.05) is 13.1 Å². The summed E-state index contributed by atoms with van der Waals surface area (Å²) >= 11 is 0. The highest BCUT2D eigenvalue weighted by Gasteiger charge is 2.50. The maximum absolute atomic E-state index is 12.9. The third-order valence-electron chi connectivity index (χ3n) is 6.35. The van der Waals surface area contributed by atoms with Crippen molar-refractivity contribution in [1.82, 2.24) is 14.7 Å². The van der Waals surface area contributed by atoms with E-state index in [1.54, 1.807) is 0 Å². The fraction of sp³-hybridized carbons (Fsp3) is 0.765. The van der Waals surface area contributed by atoms with E-state index in [1.807, 2.05) is 17.9 Å². The Kier molecular flexibility index (Phi) is 3.48. The fourth-order valence-electron chi connectivity index (χ4n) is 5.09. The highest BCUT2D eigenvalue weighted by atomic mass is 16.2. The minimum absolute atomic E-state index is 0.104. The van der Waals surface area contributed by atoms with Gasteiger partial charge in [0.05, 0.1) is 5.92 Å². The summed E-state index contributed by atoms with van der Waals surface area (Å²) in [5, 5.41) is 4.26. The average molecular weight is 302 g/mol. The number of fused-ring (bicyclic) bond motifs is 2. The Balaban J connectivity index is 1.39. The number of carbonyl (C=O) groups is 1. The molecule has 1 aromatic rings. The van der Waals surface area contributed by atoms with E-state index in [4.69, 9.17) is 5.73 Å². The van der Waals surface area contributed by atoms with Gasteiger partial charge in [0.2, 0.25) is 5.91 Å². The van der Waals surface area contributed by atoms with Gasteiger partial charge < -0.3 is 10.6 Å². The van der Waals surface area contributed by atoms with Gasteiger partial charge in [-0.05, 0) is 50.0 Å². The average Bonchev–Trinajstić information content (AvgIpc) is 3.23. The summed E-state index contributed by atoms with van der Waals surface area (Å²) in [5.74, 6) is 2.13. The highest BCUT2D eigenvalue weighted by Crippen LogP contribution is 2.48. The molecule has 2 heterocycles. The lowest BCUT2D eigenvalue weighted by atomic mass is 9.83. The molecule has 4 unspecified atom stereocenters. The van der Waals surface area contributed by atoms with Gasteiger partial charge in [0.15, 0.2) is 0 Å². The van der Waals surface area contributed by atoms with Gasteiger partial charge in [-0.2, -0.15) is 5.10 Å². The Bertz CT molecular complexity index is 559. The zero-order chi connectivity index (χ0) is 15.3. The summed E-state index contributed by atoms with van der Waals surface area (Å²) in [6.45, 7) is 1.74. The van der Waals surface area contributed by atoms with Crippen LogP contribution >= 0.6 is 0 Å². The number of amides is 1. The molecule has 1 aliphatic heterocycles. The number of aromatic nitrogens is 2. The van der Waals surface area contributed by atoms with Crippen LogP contribution in [0.1, 0.15) is 43.7 Å². The maximum Gasteiger partial charge on any atom is 0.227 e. The highest BCUT2D eigenvalue weighted by molar-refractivity contribution is 5.80. The van der Waals surface area contributed by atoms with Crippen molar-refractivity contribution < 1.29 is 4.79 Å². The quantitative estimate of drug-likeness (QED) is 0.900. The van der Waals surface area contributed by atoms with Gasteiger partial charge in [0.1, 0.15) is 0 Å². The molecule has 22 heavy (non-hydrogen) atoms. The molecule has 3 aliphatic rings. The smallest absolute Gasteiger partial charge is 0.227 e. The van der Waals surface area contributed by atoms with Gasteiger partial charge in [-0.1, -0.05) is 0 Å². The first-order valence-electron chi connectivity index (χ1n) is 8.67. The number of nitrogens with two attached hydrogens (primary N) is 1. The number of rotatable bonds is 2. The summed E-state index contributed by atoms with van der Waals surface area (Å²) in [7, 11) is 2.00. The Labute approximate surface area is 131 Å². The topological polar surface area (TPSA) is 64.2 Å². The molecule has 0 spiro atoms. The normalized spacial score (nSPS) is 35.3. The predicted octanol–water partition coefficient (Wildman–Crippen LogP) is 1.50. The lowest BCUT2D eigenvalue weighted by Gasteiger charge is -2.37. The van der Waals surface area contributed by atoms with Gasteiger partial charge in [-0.25, -0.2) is 0 Å². The van der Waals surface area contributed by atoms with Gasteiger partial charge in [0, 0.05) is 44.0 Å². The van der Waals surface area contributed by atoms with Gasteiger partial charge in [0.25, 0.3) is 0 Å². The van der Waals surface area contributed by atoms with Crippen molar-refractivity contribution in [1.29, 1.82) is 0 Å². The lowest BCUT2D eigenvalue weighted by Crippen LogP contribution is -2.49. The molecular formula is C17H26N4O. The standard InChI is InChI=1S/C17H26N4O/c1-20-14(4-7-19-20)11-5-8-21(9-6-11)17(22)15-12-2-3-13(10-12)16(15)18/h4,7,11-13,15-16H,2-3,5-6,8-10,18H2,1H3. The molecule has 1 amide bonds. The van der Waals surface area contributed by atoms with Crippen LogP contribution < -0.4 is 5.73 Å². The number of aryl methyl sites for hydroxylation is 1. The molecule has 0 aromatic carbocycles. The number of likely N-dealkylation sites (tertiary alicyclic amines) is 1. The molecule has 1 aromatic heterocycles. The van der Waals surface area contributed by atoms with E-state index < -0.39 is 0 Å². The molecule has 2 aliphatic carbocycles. The largest absolute Gasteiger partial charge is 0.342 e. The van der Waals surface area contributed by atoms with Crippen molar-refractivity contribution in [2.45, 2.75) is 44.1 Å². The number of hydrogen-bond donors (Lipinski definition) is 1. The summed E-state index contributed by atoms with van der Waals surface area (Å²) in [6.07, 6.45) is 7.57. The first-order valence-corrected chi connectivity index (χ1v) is 8.67. The molecule has 0 radical (unpaired) electrons. The van der Waals surface area contributed by atoms with Gasteiger partial charge in [-0.3, -0.25) is 9.48 Å². The van der Waals surface area contributed by atoms with Crippen molar-refractivity contribution in [3.05, 3.63) is 18.0 Å². The van der Waals surface area contributed by atoms with E-state index in [2.05, 4.69) is 16.1 Å². The van der Waals surface area contributed by atoms with Crippen molar-refractivity contribution in [3.63, 3.8) is 0 Å². The van der Waals surface area contributed by atoms with E-state index in [1.165, 1.54) is 25.0 Å². The number of piperidine rings is 1. The van der Waals surface area contributed by atoms with E-state index >= 15 is 0 Å². The van der Waals surface area contributed by atoms with Crippen LogP contribution in [-0.2, 0) is 11.8 Å². The second kappa shape index (κ2) is 5.37. The Morgan fingerprint density at radius 2 is 1.95 bits per heavy atom. The van der Waals surface area contributed by atoms with Gasteiger partial charge >= 0.3 is 0 Å². The van der Waals surface area contributed by atoms with E-state index in [9.17, 15) is 4.79 Å². The van der Waals surface area contributed by atoms with Crippen LogP contribution in [0.4, 0.5) is 0 Å². The first-order chi connectivity index (χ1) is 10.6. The summed E-state index contributed by atoms with van der Waals surface area (Å²) in [6, 6.07) is 2.22. The Morgan fingerprint density at radius 3 is 2.55 bits per heavy atom. The predicted molar refractivity (Wildman–Crippen MR) is 84.1 cm³/mol. The maximum atomic E-state index is 12.9. The number of hydrogen-bond acceptors (Lipinski definition) is 3. The molecule has 2 N–H and O–H groups in total. The molecular weight excluding hydrogens is 276 g/mol. The third kappa shape index (κ3) is 2.18. The molecule has 4 rings (SSSR count). The van der Waals surface area contributed by atoms with Crippen LogP contribution in [0.25, 0.3) is 0 Å². The molecule has 4 atom stereocenters. The van der Waals surface area contributed by atoms with Crippen molar-refractivity contribution >= 4 is 5.91 Å². The minimum Gasteiger partial charge on any atom is -0.342 e. The summed E-state index contributed by atoms with van der Waals surface area (Å²) in [5.41, 5.74) is 7.63. The molecule has 3 fully saturated rings. The lowest BCUT2D eigenvalue weighted by molar-refractivity contribution is -0.138. The molecule has 2 saturated carbocycles. The van der Waals surface area contributed by atoms with Crippen LogP contribution in [0.3, 0.4) is 0 Å². The zero-order valence-corrected chi connectivity index (χ0v) is 13.3. The SMILES string of the molecule is Cn1nccc1C1CCN(C(=O)C2C3CCC(C3)C2N)CC1. The Hall–Kier alpha value is -1.36. The molecule has 5 nitrogen and oxygen atoms in total. The minimum atomic E-state index is 0.104.